The predicted octanol–water partition coefficient (Wildman–Crippen LogP) is 0.960. The van der Waals surface area contributed by atoms with Crippen molar-refractivity contribution >= 4 is 27.5 Å². The summed E-state index contributed by atoms with van der Waals surface area (Å²) in [6, 6.07) is 5.33. The molecular weight excluding hydrogens is 376 g/mol. The lowest BCUT2D eigenvalue weighted by molar-refractivity contribution is 0.256. The van der Waals surface area contributed by atoms with Crippen molar-refractivity contribution in [2.75, 3.05) is 19.5 Å². The van der Waals surface area contributed by atoms with Crippen LogP contribution < -0.4 is 19.5 Å². The minimum Gasteiger partial charge on any atom is -0.481 e. The Morgan fingerprint density at radius 2 is 1.81 bits per heavy atom. The topological polar surface area (TPSA) is 137 Å². The first kappa shape index (κ1) is 18.4. The zero-order valence-corrected chi connectivity index (χ0v) is 15.4. The van der Waals surface area contributed by atoms with Crippen molar-refractivity contribution in [2.45, 2.75) is 11.8 Å². The summed E-state index contributed by atoms with van der Waals surface area (Å²) in [5.41, 5.74) is 0.593. The summed E-state index contributed by atoms with van der Waals surface area (Å²) in [4.78, 5) is 19.9. The molecule has 0 spiro atoms. The molecule has 0 aromatic carbocycles. The maximum atomic E-state index is 12.7. The van der Waals surface area contributed by atoms with Crippen LogP contribution in [0.3, 0.4) is 0 Å². The molecule has 0 unspecified atom stereocenters. The highest BCUT2D eigenvalue weighted by molar-refractivity contribution is 7.90. The number of amides is 2. The standard InChI is InChI=1S/C15H16N6O5S/c1-9-13(10-6-4-5-7-21(10)19-9)27(23,24)20-15(22)18-14-16-11(25-2)8-12(17-14)26-3/h4-8H,1-3H3,(H2,16,17,18,20,22). The lowest BCUT2D eigenvalue weighted by Crippen LogP contribution is -2.35. The van der Waals surface area contributed by atoms with Gasteiger partial charge in [-0.15, -0.1) is 0 Å². The van der Waals surface area contributed by atoms with Gasteiger partial charge in [0.2, 0.25) is 17.7 Å². The van der Waals surface area contributed by atoms with E-state index in [4.69, 9.17) is 9.47 Å². The van der Waals surface area contributed by atoms with Crippen molar-refractivity contribution in [3.63, 3.8) is 0 Å². The summed E-state index contributed by atoms with van der Waals surface area (Å²) in [6.07, 6.45) is 1.61. The molecule has 0 aliphatic rings. The Kier molecular flexibility index (Phi) is 4.81. The normalized spacial score (nSPS) is 11.2. The monoisotopic (exact) mass is 392 g/mol. The molecule has 0 radical (unpaired) electrons. The fraction of sp³-hybridized carbons (Fsp3) is 0.200. The second-order valence-corrected chi connectivity index (χ2v) is 6.90. The maximum Gasteiger partial charge on any atom is 0.335 e. The molecule has 2 amide bonds. The second-order valence-electron chi connectivity index (χ2n) is 5.28. The van der Waals surface area contributed by atoms with E-state index in [1.165, 1.54) is 31.7 Å². The summed E-state index contributed by atoms with van der Waals surface area (Å²) >= 11 is 0. The molecule has 0 saturated carbocycles. The van der Waals surface area contributed by atoms with Crippen LogP contribution in [0.2, 0.25) is 0 Å². The van der Waals surface area contributed by atoms with Gasteiger partial charge in [0.1, 0.15) is 4.90 Å². The van der Waals surface area contributed by atoms with Crippen LogP contribution in [0, 0.1) is 6.92 Å². The molecule has 3 rings (SSSR count). The van der Waals surface area contributed by atoms with Gasteiger partial charge in [-0.25, -0.2) is 22.4 Å². The third-order valence-corrected chi connectivity index (χ3v) is 4.97. The van der Waals surface area contributed by atoms with Crippen LogP contribution in [0.15, 0.2) is 35.4 Å². The Bertz CT molecular complexity index is 1090. The molecule has 142 valence electrons. The quantitative estimate of drug-likeness (QED) is 0.655. The van der Waals surface area contributed by atoms with Crippen molar-refractivity contribution < 1.29 is 22.7 Å². The van der Waals surface area contributed by atoms with E-state index >= 15 is 0 Å². The number of nitrogens with zero attached hydrogens (tertiary/aromatic N) is 4. The van der Waals surface area contributed by atoms with Crippen LogP contribution in [-0.4, -0.2) is 48.3 Å². The summed E-state index contributed by atoms with van der Waals surface area (Å²) in [7, 11) is -1.43. The van der Waals surface area contributed by atoms with Gasteiger partial charge in [0.15, 0.2) is 0 Å². The number of hydrogen-bond acceptors (Lipinski definition) is 8. The third-order valence-electron chi connectivity index (χ3n) is 3.48. The van der Waals surface area contributed by atoms with Gasteiger partial charge in [-0.05, 0) is 19.1 Å². The molecule has 0 aliphatic heterocycles. The van der Waals surface area contributed by atoms with Crippen LogP contribution >= 0.6 is 0 Å². The number of aromatic nitrogens is 4. The number of pyridine rings is 1. The van der Waals surface area contributed by atoms with E-state index in [1.807, 2.05) is 4.72 Å². The molecular formula is C15H16N6O5S. The second kappa shape index (κ2) is 7.07. The molecule has 0 fully saturated rings. The molecule has 3 aromatic rings. The summed E-state index contributed by atoms with van der Waals surface area (Å²) < 4.78 is 38.6. The van der Waals surface area contributed by atoms with Crippen molar-refractivity contribution in [1.82, 2.24) is 24.3 Å². The number of methoxy groups -OCH3 is 2. The van der Waals surface area contributed by atoms with E-state index < -0.39 is 16.1 Å². The molecule has 0 aliphatic carbocycles. The molecule has 27 heavy (non-hydrogen) atoms. The number of aryl methyl sites for hydroxylation is 1. The predicted molar refractivity (Wildman–Crippen MR) is 94.4 cm³/mol. The Balaban J connectivity index is 1.86. The van der Waals surface area contributed by atoms with E-state index in [9.17, 15) is 13.2 Å². The molecule has 3 aromatic heterocycles. The number of carbonyl (C=O) groups excluding carboxylic acids is 1. The number of sulfonamides is 1. The third kappa shape index (κ3) is 3.74. The minimum absolute atomic E-state index is 0.0950. The van der Waals surface area contributed by atoms with Gasteiger partial charge >= 0.3 is 6.03 Å². The summed E-state index contributed by atoms with van der Waals surface area (Å²) in [5.74, 6) is 0.0902. The molecule has 0 atom stereocenters. The van der Waals surface area contributed by atoms with E-state index in [0.29, 0.717) is 5.52 Å². The number of ether oxygens (including phenoxy) is 2. The number of carbonyl (C=O) groups is 1. The lowest BCUT2D eigenvalue weighted by atomic mass is 10.4. The highest BCUT2D eigenvalue weighted by Crippen LogP contribution is 2.21. The lowest BCUT2D eigenvalue weighted by Gasteiger charge is -2.09. The first-order valence-electron chi connectivity index (χ1n) is 7.59. The van der Waals surface area contributed by atoms with Crippen molar-refractivity contribution in [3.8, 4) is 11.8 Å². The van der Waals surface area contributed by atoms with E-state index in [-0.39, 0.29) is 28.3 Å². The van der Waals surface area contributed by atoms with Gasteiger partial charge in [-0.2, -0.15) is 15.1 Å². The van der Waals surface area contributed by atoms with Gasteiger partial charge < -0.3 is 9.47 Å². The zero-order chi connectivity index (χ0) is 19.6. The van der Waals surface area contributed by atoms with E-state index in [2.05, 4.69) is 20.4 Å². The Hall–Kier alpha value is -3.41. The largest absolute Gasteiger partial charge is 0.481 e. The Morgan fingerprint density at radius 3 is 2.44 bits per heavy atom. The summed E-state index contributed by atoms with van der Waals surface area (Å²) in [6.45, 7) is 1.54. The smallest absolute Gasteiger partial charge is 0.335 e. The average Bonchev–Trinajstić information content (AvgIpc) is 2.97. The highest BCUT2D eigenvalue weighted by Gasteiger charge is 2.25. The number of hydrogen-bond donors (Lipinski definition) is 2. The van der Waals surface area contributed by atoms with Crippen molar-refractivity contribution in [3.05, 3.63) is 36.2 Å². The summed E-state index contributed by atoms with van der Waals surface area (Å²) in [5, 5.41) is 6.36. The maximum absolute atomic E-state index is 12.7. The highest BCUT2D eigenvalue weighted by atomic mass is 32.2. The van der Waals surface area contributed by atoms with E-state index in [0.717, 1.165) is 0 Å². The van der Waals surface area contributed by atoms with Gasteiger partial charge in [0, 0.05) is 6.20 Å². The van der Waals surface area contributed by atoms with Gasteiger partial charge in [-0.3, -0.25) is 5.32 Å². The molecule has 12 heteroatoms. The van der Waals surface area contributed by atoms with Crippen LogP contribution in [0.4, 0.5) is 10.7 Å². The zero-order valence-electron chi connectivity index (χ0n) is 14.6. The number of nitrogens with one attached hydrogen (secondary N) is 2. The fourth-order valence-electron chi connectivity index (χ4n) is 2.40. The van der Waals surface area contributed by atoms with Crippen LogP contribution in [0.25, 0.3) is 5.52 Å². The number of fused-ring (bicyclic) bond motifs is 1. The average molecular weight is 392 g/mol. The van der Waals surface area contributed by atoms with E-state index in [1.54, 1.807) is 24.4 Å². The van der Waals surface area contributed by atoms with Crippen molar-refractivity contribution in [1.29, 1.82) is 0 Å². The molecule has 0 saturated heterocycles. The fourth-order valence-corrected chi connectivity index (χ4v) is 3.66. The molecule has 0 bridgehead atoms. The number of anilines is 1. The Labute approximate surface area is 154 Å². The Morgan fingerprint density at radius 1 is 1.15 bits per heavy atom. The number of rotatable bonds is 5. The molecule has 3 heterocycles. The molecule has 11 nitrogen and oxygen atoms in total. The van der Waals surface area contributed by atoms with Gasteiger partial charge in [-0.1, -0.05) is 6.07 Å². The number of urea groups is 1. The van der Waals surface area contributed by atoms with Crippen LogP contribution in [0.5, 0.6) is 11.8 Å². The van der Waals surface area contributed by atoms with Gasteiger partial charge in [0.05, 0.1) is 31.5 Å². The van der Waals surface area contributed by atoms with Gasteiger partial charge in [0.25, 0.3) is 10.0 Å². The molecule has 2 N–H and O–H groups in total. The minimum atomic E-state index is -4.19. The first-order valence-corrected chi connectivity index (χ1v) is 9.07. The van der Waals surface area contributed by atoms with Crippen LogP contribution in [-0.2, 0) is 10.0 Å². The first-order chi connectivity index (χ1) is 12.8. The SMILES string of the molecule is COc1cc(OC)nc(NC(=O)NS(=O)(=O)c2c(C)nn3ccccc23)n1. The van der Waals surface area contributed by atoms with Crippen molar-refractivity contribution in [2.24, 2.45) is 0 Å². The van der Waals surface area contributed by atoms with Crippen LogP contribution in [0.1, 0.15) is 5.69 Å².